The molecular weight excluding hydrogens is 770 g/mol. The second-order valence-corrected chi connectivity index (χ2v) is 18.3. The summed E-state index contributed by atoms with van der Waals surface area (Å²) >= 11 is 0. The molecule has 0 spiro atoms. The summed E-state index contributed by atoms with van der Waals surface area (Å²) in [6.45, 7) is 17.5. The summed E-state index contributed by atoms with van der Waals surface area (Å²) in [5, 5.41) is 140. The Hall–Kier alpha value is -2.06. The van der Waals surface area contributed by atoms with Gasteiger partial charge in [-0.15, -0.1) is 0 Å². The molecule has 1 heterocycles. The van der Waals surface area contributed by atoms with Crippen molar-refractivity contribution in [3.05, 3.63) is 23.0 Å². The molecule has 1 fully saturated rings. The first-order valence-corrected chi connectivity index (χ1v) is 21.1. The van der Waals surface area contributed by atoms with Gasteiger partial charge in [0.15, 0.2) is 5.78 Å². The van der Waals surface area contributed by atoms with Gasteiger partial charge in [0.1, 0.15) is 17.4 Å². The molecule has 0 radical (unpaired) electrons. The van der Waals surface area contributed by atoms with Crippen LogP contribution in [0.1, 0.15) is 102 Å². The Balaban J connectivity index is 2.78. The van der Waals surface area contributed by atoms with Crippen molar-refractivity contribution in [2.24, 2.45) is 47.3 Å². The number of rotatable bonds is 25. The topological polar surface area (TPSA) is 300 Å². The van der Waals surface area contributed by atoms with Crippen molar-refractivity contribution in [2.45, 2.75) is 181 Å². The Kier molecular flexibility index (Phi) is 22.3. The van der Waals surface area contributed by atoms with Crippen molar-refractivity contribution in [3.8, 4) is 0 Å². The average Bonchev–Trinajstić information content (AvgIpc) is 3.37. The summed E-state index contributed by atoms with van der Waals surface area (Å²) in [5.41, 5.74) is 0.00195. The highest BCUT2D eigenvalue weighted by atomic mass is 16.4. The average molecular weight is 850 g/mol. The van der Waals surface area contributed by atoms with Gasteiger partial charge in [-0.25, -0.2) is 0 Å². The highest BCUT2D eigenvalue weighted by Gasteiger charge is 2.42. The second kappa shape index (κ2) is 24.0. The lowest BCUT2D eigenvalue weighted by Crippen LogP contribution is -2.50. The molecular formula is C43H79NO15. The monoisotopic (exact) mass is 850 g/mol. The fraction of sp³-hybridized carbons (Fsp3) is 0.860. The molecule has 1 aliphatic rings. The van der Waals surface area contributed by atoms with Crippen molar-refractivity contribution in [2.75, 3.05) is 7.05 Å². The van der Waals surface area contributed by atoms with E-state index < -0.39 is 132 Å². The van der Waals surface area contributed by atoms with E-state index >= 15 is 0 Å². The summed E-state index contributed by atoms with van der Waals surface area (Å²) in [5.74, 6) is -7.19. The van der Waals surface area contributed by atoms with Gasteiger partial charge in [0.2, 0.25) is 0 Å². The predicted octanol–water partition coefficient (Wildman–Crippen LogP) is 0.174. The highest BCUT2D eigenvalue weighted by Crippen LogP contribution is 2.31. The van der Waals surface area contributed by atoms with Crippen LogP contribution in [0.5, 0.6) is 0 Å². The maximum absolute atomic E-state index is 12.5. The molecule has 0 saturated carbocycles. The van der Waals surface area contributed by atoms with Gasteiger partial charge in [0.05, 0.1) is 73.2 Å². The van der Waals surface area contributed by atoms with Crippen LogP contribution < -0.4 is 0 Å². The molecule has 20 unspecified atom stereocenters. The van der Waals surface area contributed by atoms with Crippen LogP contribution in [0.25, 0.3) is 0 Å². The Morgan fingerprint density at radius 3 is 1.34 bits per heavy atom. The molecule has 0 aromatic carbocycles. The molecule has 1 amide bonds. The smallest absolute Gasteiger partial charge is 0.261 e. The van der Waals surface area contributed by atoms with Crippen LogP contribution in [0.3, 0.4) is 0 Å². The number of aliphatic hydroxyl groups excluding tert-OH is 13. The molecule has 0 aliphatic carbocycles. The van der Waals surface area contributed by atoms with Crippen LogP contribution in [-0.2, 0) is 9.59 Å². The fourth-order valence-electron chi connectivity index (χ4n) is 8.10. The molecule has 16 heteroatoms. The van der Waals surface area contributed by atoms with Crippen LogP contribution >= 0.6 is 0 Å². The predicted molar refractivity (Wildman–Crippen MR) is 220 cm³/mol. The lowest BCUT2D eigenvalue weighted by Gasteiger charge is -2.37. The largest absolute Gasteiger partial charge is 0.507 e. The van der Waals surface area contributed by atoms with E-state index in [1.807, 2.05) is 0 Å². The molecule has 20 atom stereocenters. The number of ketones is 1. The molecule has 1 rings (SSSR count). The summed E-state index contributed by atoms with van der Waals surface area (Å²) in [6, 6.07) is -0.698. The number of likely N-dealkylation sites (tertiary alicyclic amines) is 1. The molecule has 13 N–H and O–H groups in total. The zero-order chi connectivity index (χ0) is 46.1. The van der Waals surface area contributed by atoms with E-state index in [4.69, 9.17) is 0 Å². The fourth-order valence-corrected chi connectivity index (χ4v) is 8.10. The first-order chi connectivity index (χ1) is 27.0. The lowest BCUT2D eigenvalue weighted by molar-refractivity contribution is -0.131. The highest BCUT2D eigenvalue weighted by molar-refractivity contribution is 6.26. The van der Waals surface area contributed by atoms with Gasteiger partial charge in [-0.3, -0.25) is 9.59 Å². The minimum absolute atomic E-state index is 0.232. The third-order valence-corrected chi connectivity index (χ3v) is 13.0. The van der Waals surface area contributed by atoms with Gasteiger partial charge in [0, 0.05) is 36.6 Å². The van der Waals surface area contributed by atoms with E-state index in [9.17, 15) is 76.0 Å². The lowest BCUT2D eigenvalue weighted by atomic mass is 9.77. The van der Waals surface area contributed by atoms with Gasteiger partial charge < -0.3 is 71.3 Å². The zero-order valence-corrected chi connectivity index (χ0v) is 37.1. The van der Waals surface area contributed by atoms with Crippen molar-refractivity contribution < 1.29 is 76.0 Å². The number of carbonyl (C=O) groups excluding carboxylic acids is 2. The molecule has 346 valence electrons. The van der Waals surface area contributed by atoms with Crippen LogP contribution in [0, 0.1) is 47.3 Å². The summed E-state index contributed by atoms with van der Waals surface area (Å²) in [6.07, 6.45) is -15.0. The van der Waals surface area contributed by atoms with E-state index in [1.165, 1.54) is 39.6 Å². The molecule has 0 aromatic rings. The summed E-state index contributed by atoms with van der Waals surface area (Å²) in [7, 11) is 1.47. The number of aliphatic hydroxyl groups is 13. The molecule has 0 bridgehead atoms. The number of hydrogen-bond acceptors (Lipinski definition) is 15. The van der Waals surface area contributed by atoms with Crippen LogP contribution in [0.2, 0.25) is 0 Å². The van der Waals surface area contributed by atoms with E-state index in [2.05, 4.69) is 0 Å². The normalized spacial score (nSPS) is 26.4. The van der Waals surface area contributed by atoms with E-state index in [0.29, 0.717) is 5.57 Å². The van der Waals surface area contributed by atoms with Crippen molar-refractivity contribution in [1.82, 2.24) is 4.90 Å². The Morgan fingerprint density at radius 2 is 0.949 bits per heavy atom. The molecule has 1 aliphatic heterocycles. The van der Waals surface area contributed by atoms with Gasteiger partial charge in [0.25, 0.3) is 5.91 Å². The Labute approximate surface area is 350 Å². The molecule has 0 aromatic heterocycles. The summed E-state index contributed by atoms with van der Waals surface area (Å²) in [4.78, 5) is 26.2. The Morgan fingerprint density at radius 1 is 0.559 bits per heavy atom. The van der Waals surface area contributed by atoms with Gasteiger partial charge in [-0.1, -0.05) is 68.4 Å². The maximum Gasteiger partial charge on any atom is 0.261 e. The number of hydrogen-bond donors (Lipinski definition) is 13. The van der Waals surface area contributed by atoms with Gasteiger partial charge in [-0.05, 0) is 62.9 Å². The number of nitrogens with zero attached hydrogens (tertiary/aromatic N) is 1. The van der Waals surface area contributed by atoms with Gasteiger partial charge >= 0.3 is 0 Å². The first kappa shape index (κ1) is 55.0. The third kappa shape index (κ3) is 14.5. The summed E-state index contributed by atoms with van der Waals surface area (Å²) < 4.78 is 0. The first-order valence-electron chi connectivity index (χ1n) is 21.1. The molecule has 16 nitrogen and oxygen atoms in total. The number of amides is 1. The minimum atomic E-state index is -1.71. The molecule has 1 saturated heterocycles. The Bertz CT molecular complexity index is 1350. The van der Waals surface area contributed by atoms with Gasteiger partial charge in [-0.2, -0.15) is 0 Å². The SMILES string of the molecule is CC(=C\C(C)CC(C)C(O)C(O)C(O)C(C)C(O)C(C)C(O)C(C)C(O)CC(O)CC(O)CC(O)C(C)C(O)C(C)C(O)C(O)C(C)C)/C(O)=C1/C(=O)C(C)N(C)C1=O. The number of Topliss-reactive ketones (excluding diaryl/α,β-unsaturated/α-hetero) is 1. The number of carbonyl (C=O) groups is 2. The second-order valence-electron chi connectivity index (χ2n) is 18.3. The minimum Gasteiger partial charge on any atom is -0.507 e. The van der Waals surface area contributed by atoms with E-state index in [0.717, 1.165) is 0 Å². The van der Waals surface area contributed by atoms with Crippen molar-refractivity contribution in [3.63, 3.8) is 0 Å². The number of allylic oxidation sites excluding steroid dienone is 2. The van der Waals surface area contributed by atoms with Crippen LogP contribution in [-0.4, -0.2) is 169 Å². The van der Waals surface area contributed by atoms with E-state index in [-0.39, 0.29) is 43.1 Å². The quantitative estimate of drug-likeness (QED) is 0.0331. The zero-order valence-electron chi connectivity index (χ0n) is 37.1. The maximum atomic E-state index is 12.5. The van der Waals surface area contributed by atoms with Crippen molar-refractivity contribution in [1.29, 1.82) is 0 Å². The number of likely N-dealkylation sites (N-methyl/N-ethyl adjacent to an activating group) is 1. The molecule has 59 heavy (non-hydrogen) atoms. The van der Waals surface area contributed by atoms with E-state index in [1.54, 1.807) is 54.5 Å². The third-order valence-electron chi connectivity index (χ3n) is 13.0. The standard InChI is InChI=1S/C43H79NO15/c1-18(2)33(49)39(55)25(9)37(53)23(7)31(48)17-29(46)15-28(45)16-30(47)22(6)36(52)24(8)38(54)26(10)40(56)42(58)35(51)21(5)14-19(3)13-20(4)34(50)32-41(57)27(11)44(12)43(32)59/h13,18-19,21-31,33,35-40,42,45-56,58H,14-17H2,1-12H3/b20-13+,34-32+. The van der Waals surface area contributed by atoms with Crippen LogP contribution in [0.4, 0.5) is 0 Å². The van der Waals surface area contributed by atoms with Crippen LogP contribution in [0.15, 0.2) is 23.0 Å². The van der Waals surface area contributed by atoms with Crippen molar-refractivity contribution >= 4 is 11.7 Å².